The highest BCUT2D eigenvalue weighted by molar-refractivity contribution is 7.90. The van der Waals surface area contributed by atoms with Gasteiger partial charge < -0.3 is 10.5 Å². The Morgan fingerprint density at radius 1 is 1.41 bits per heavy atom. The zero-order valence-electron chi connectivity index (χ0n) is 10.4. The van der Waals surface area contributed by atoms with Gasteiger partial charge in [-0.3, -0.25) is 0 Å². The molecule has 1 aromatic carbocycles. The van der Waals surface area contributed by atoms with E-state index in [0.717, 1.165) is 11.1 Å². The van der Waals surface area contributed by atoms with Gasteiger partial charge in [0.1, 0.15) is 12.4 Å². The Morgan fingerprint density at radius 3 is 2.53 bits per heavy atom. The molecule has 0 heterocycles. The first kappa shape index (κ1) is 14.0. The molecule has 1 unspecified atom stereocenters. The monoisotopic (exact) mass is 257 g/mol. The highest BCUT2D eigenvalue weighted by Crippen LogP contribution is 2.21. The van der Waals surface area contributed by atoms with Crippen molar-refractivity contribution in [2.45, 2.75) is 19.9 Å². The fraction of sp³-hybridized carbons (Fsp3) is 0.500. The van der Waals surface area contributed by atoms with Crippen molar-refractivity contribution in [2.24, 2.45) is 5.73 Å². The molecule has 1 aromatic rings. The van der Waals surface area contributed by atoms with Gasteiger partial charge in [0.2, 0.25) is 0 Å². The zero-order chi connectivity index (χ0) is 13.1. The van der Waals surface area contributed by atoms with Gasteiger partial charge in [-0.05, 0) is 31.0 Å². The summed E-state index contributed by atoms with van der Waals surface area (Å²) in [6, 6.07) is 5.67. The Morgan fingerprint density at radius 2 is 2.06 bits per heavy atom. The first-order valence-corrected chi connectivity index (χ1v) is 7.52. The predicted octanol–water partition coefficient (Wildman–Crippen LogP) is 1.44. The number of ether oxygens (including phenoxy) is 1. The number of sulfone groups is 1. The molecule has 4 nitrogen and oxygen atoms in total. The first-order valence-electron chi connectivity index (χ1n) is 5.46. The van der Waals surface area contributed by atoms with Crippen molar-refractivity contribution in [3.8, 4) is 5.75 Å². The lowest BCUT2D eigenvalue weighted by atomic mass is 10.1. The van der Waals surface area contributed by atoms with E-state index in [1.165, 1.54) is 6.26 Å². The summed E-state index contributed by atoms with van der Waals surface area (Å²) in [5.41, 5.74) is 7.78. The van der Waals surface area contributed by atoms with E-state index in [9.17, 15) is 8.42 Å². The number of aryl methyl sites for hydroxylation is 1. The van der Waals surface area contributed by atoms with Crippen LogP contribution in [0.1, 0.15) is 24.1 Å². The summed E-state index contributed by atoms with van der Waals surface area (Å²) in [6.07, 6.45) is 1.20. The third-order valence-electron chi connectivity index (χ3n) is 2.44. The summed E-state index contributed by atoms with van der Waals surface area (Å²) in [7, 11) is -2.97. The molecule has 0 spiro atoms. The summed E-state index contributed by atoms with van der Waals surface area (Å²) in [4.78, 5) is 0. The highest BCUT2D eigenvalue weighted by Gasteiger charge is 2.06. The largest absolute Gasteiger partial charge is 0.492 e. The predicted molar refractivity (Wildman–Crippen MR) is 69.0 cm³/mol. The van der Waals surface area contributed by atoms with Crippen LogP contribution in [-0.2, 0) is 9.84 Å². The second-order valence-corrected chi connectivity index (χ2v) is 6.55. The minimum absolute atomic E-state index is 0.0150. The van der Waals surface area contributed by atoms with Crippen molar-refractivity contribution in [2.75, 3.05) is 18.6 Å². The second kappa shape index (κ2) is 5.51. The average molecular weight is 257 g/mol. The van der Waals surface area contributed by atoms with E-state index in [0.29, 0.717) is 5.75 Å². The van der Waals surface area contributed by atoms with Gasteiger partial charge >= 0.3 is 0 Å². The zero-order valence-corrected chi connectivity index (χ0v) is 11.3. The SMILES string of the molecule is Cc1cc(C(C)N)ccc1OCCS(C)(=O)=O. The molecule has 0 aromatic heterocycles. The number of hydrogen-bond acceptors (Lipinski definition) is 4. The van der Waals surface area contributed by atoms with Crippen LogP contribution in [0.4, 0.5) is 0 Å². The molecule has 0 aliphatic rings. The van der Waals surface area contributed by atoms with E-state index < -0.39 is 9.84 Å². The quantitative estimate of drug-likeness (QED) is 0.866. The van der Waals surface area contributed by atoms with Crippen LogP contribution in [0.3, 0.4) is 0 Å². The molecule has 0 saturated heterocycles. The Bertz CT molecular complexity index is 481. The normalized spacial score (nSPS) is 13.4. The maximum Gasteiger partial charge on any atom is 0.150 e. The summed E-state index contributed by atoms with van der Waals surface area (Å²) in [5, 5.41) is 0. The van der Waals surface area contributed by atoms with E-state index in [2.05, 4.69) is 0 Å². The molecule has 5 heteroatoms. The van der Waals surface area contributed by atoms with Crippen molar-refractivity contribution in [3.05, 3.63) is 29.3 Å². The van der Waals surface area contributed by atoms with Gasteiger partial charge in [0.25, 0.3) is 0 Å². The van der Waals surface area contributed by atoms with Gasteiger partial charge in [-0.25, -0.2) is 8.42 Å². The topological polar surface area (TPSA) is 69.4 Å². The molecular formula is C12H19NO3S. The molecule has 96 valence electrons. The summed E-state index contributed by atoms with van der Waals surface area (Å²) in [5.74, 6) is 0.736. The van der Waals surface area contributed by atoms with Crippen molar-refractivity contribution >= 4 is 9.84 Å². The number of nitrogens with two attached hydrogens (primary N) is 1. The van der Waals surface area contributed by atoms with Crippen LogP contribution in [0.25, 0.3) is 0 Å². The molecule has 0 amide bonds. The van der Waals surface area contributed by atoms with Crippen LogP contribution >= 0.6 is 0 Å². The third-order valence-corrected chi connectivity index (χ3v) is 3.34. The summed E-state index contributed by atoms with van der Waals surface area (Å²) >= 11 is 0. The number of rotatable bonds is 5. The van der Waals surface area contributed by atoms with Crippen molar-refractivity contribution in [1.29, 1.82) is 0 Å². The van der Waals surface area contributed by atoms with Crippen LogP contribution < -0.4 is 10.5 Å². The minimum Gasteiger partial charge on any atom is -0.492 e. The Kier molecular flexibility index (Phi) is 4.54. The van der Waals surface area contributed by atoms with Crippen molar-refractivity contribution in [3.63, 3.8) is 0 Å². The summed E-state index contributed by atoms with van der Waals surface area (Å²) < 4.78 is 27.3. The lowest BCUT2D eigenvalue weighted by Gasteiger charge is -2.12. The third kappa shape index (κ3) is 4.75. The lowest BCUT2D eigenvalue weighted by Crippen LogP contribution is -2.12. The van der Waals surface area contributed by atoms with Gasteiger partial charge in [0.15, 0.2) is 9.84 Å². The number of hydrogen-bond donors (Lipinski definition) is 1. The minimum atomic E-state index is -2.97. The van der Waals surface area contributed by atoms with Gasteiger partial charge in [-0.1, -0.05) is 12.1 Å². The maximum absolute atomic E-state index is 11.0. The van der Waals surface area contributed by atoms with E-state index >= 15 is 0 Å². The van der Waals surface area contributed by atoms with Crippen molar-refractivity contribution in [1.82, 2.24) is 0 Å². The second-order valence-electron chi connectivity index (χ2n) is 4.29. The van der Waals surface area contributed by atoms with Gasteiger partial charge in [0.05, 0.1) is 5.75 Å². The molecule has 0 bridgehead atoms. The van der Waals surface area contributed by atoms with Gasteiger partial charge in [0, 0.05) is 12.3 Å². The van der Waals surface area contributed by atoms with E-state index in [1.54, 1.807) is 0 Å². The smallest absolute Gasteiger partial charge is 0.150 e. The Labute approximate surface area is 103 Å². The van der Waals surface area contributed by atoms with Crippen LogP contribution in [0.5, 0.6) is 5.75 Å². The Balaban J connectivity index is 2.67. The molecule has 0 fully saturated rings. The number of benzene rings is 1. The highest BCUT2D eigenvalue weighted by atomic mass is 32.2. The molecule has 2 N–H and O–H groups in total. The van der Waals surface area contributed by atoms with E-state index in [4.69, 9.17) is 10.5 Å². The van der Waals surface area contributed by atoms with Crippen molar-refractivity contribution < 1.29 is 13.2 Å². The van der Waals surface area contributed by atoms with Gasteiger partial charge in [-0.15, -0.1) is 0 Å². The molecule has 17 heavy (non-hydrogen) atoms. The fourth-order valence-electron chi connectivity index (χ4n) is 1.42. The molecular weight excluding hydrogens is 238 g/mol. The average Bonchev–Trinajstić information content (AvgIpc) is 2.18. The molecule has 0 aliphatic heterocycles. The fourth-order valence-corrected chi connectivity index (χ4v) is 1.81. The molecule has 0 radical (unpaired) electrons. The molecule has 1 atom stereocenters. The van der Waals surface area contributed by atoms with Crippen LogP contribution in [0, 0.1) is 6.92 Å². The van der Waals surface area contributed by atoms with Gasteiger partial charge in [-0.2, -0.15) is 0 Å². The maximum atomic E-state index is 11.0. The standard InChI is InChI=1S/C12H19NO3S/c1-9-8-11(10(2)13)4-5-12(9)16-6-7-17(3,14)15/h4-5,8,10H,6-7,13H2,1-3H3. The summed E-state index contributed by atoms with van der Waals surface area (Å²) in [6.45, 7) is 4.01. The van der Waals surface area contributed by atoms with E-state index in [1.807, 2.05) is 32.0 Å². The molecule has 0 saturated carbocycles. The molecule has 0 aliphatic carbocycles. The van der Waals surface area contributed by atoms with Crippen LogP contribution in [0.2, 0.25) is 0 Å². The molecule has 1 rings (SSSR count). The lowest BCUT2D eigenvalue weighted by molar-refractivity contribution is 0.338. The first-order chi connectivity index (χ1) is 7.79. The Hall–Kier alpha value is -1.07. The van der Waals surface area contributed by atoms with E-state index in [-0.39, 0.29) is 18.4 Å². The van der Waals surface area contributed by atoms with Crippen LogP contribution in [-0.4, -0.2) is 27.0 Å². The van der Waals surface area contributed by atoms with Crippen LogP contribution in [0.15, 0.2) is 18.2 Å².